The number of benzene rings is 1. The van der Waals surface area contributed by atoms with Gasteiger partial charge in [-0.05, 0) is 75.7 Å². The normalized spacial score (nSPS) is 15.0. The molecule has 7 nitrogen and oxygen atoms in total. The van der Waals surface area contributed by atoms with Gasteiger partial charge >= 0.3 is 0 Å². The molecule has 2 N–H and O–H groups in total. The molecule has 0 atom stereocenters. The van der Waals surface area contributed by atoms with Crippen LogP contribution in [0.4, 0.5) is 11.5 Å². The molecule has 166 valence electrons. The lowest BCUT2D eigenvalue weighted by molar-refractivity contribution is -0.121. The van der Waals surface area contributed by atoms with E-state index < -0.39 is 5.91 Å². The third-order valence-electron chi connectivity index (χ3n) is 5.50. The molecule has 8 heteroatoms. The molecule has 1 aromatic heterocycles. The van der Waals surface area contributed by atoms with Gasteiger partial charge in [0.2, 0.25) is 5.91 Å². The van der Waals surface area contributed by atoms with Crippen molar-refractivity contribution in [2.24, 2.45) is 5.92 Å². The van der Waals surface area contributed by atoms with E-state index >= 15 is 0 Å². The highest BCUT2D eigenvalue weighted by atomic mass is 35.5. The van der Waals surface area contributed by atoms with Gasteiger partial charge in [-0.3, -0.25) is 9.59 Å². The summed E-state index contributed by atoms with van der Waals surface area (Å²) in [6.45, 7) is 6.07. The van der Waals surface area contributed by atoms with Crippen LogP contribution < -0.4 is 10.6 Å². The maximum atomic E-state index is 13.0. The Bertz CT molecular complexity index is 1040. The van der Waals surface area contributed by atoms with Crippen molar-refractivity contribution in [3.63, 3.8) is 0 Å². The van der Waals surface area contributed by atoms with Gasteiger partial charge in [-0.1, -0.05) is 17.7 Å². The average Bonchev–Trinajstić information content (AvgIpc) is 2.79. The Kier molecular flexibility index (Phi) is 7.98. The van der Waals surface area contributed by atoms with Crippen molar-refractivity contribution in [2.75, 3.05) is 23.7 Å². The monoisotopic (exact) mass is 451 g/mol. The van der Waals surface area contributed by atoms with Crippen molar-refractivity contribution in [1.82, 2.24) is 9.88 Å². The fraction of sp³-hybridized carbons (Fsp3) is 0.333. The van der Waals surface area contributed by atoms with Crippen LogP contribution in [0.1, 0.15) is 42.6 Å². The predicted octanol–water partition coefficient (Wildman–Crippen LogP) is 4.58. The van der Waals surface area contributed by atoms with Gasteiger partial charge in [0.25, 0.3) is 5.91 Å². The number of aromatic nitrogens is 1. The van der Waals surface area contributed by atoms with Crippen molar-refractivity contribution >= 4 is 41.0 Å². The second-order valence-electron chi connectivity index (χ2n) is 7.98. The van der Waals surface area contributed by atoms with Crippen molar-refractivity contribution in [3.05, 3.63) is 58.8 Å². The summed E-state index contributed by atoms with van der Waals surface area (Å²) in [4.78, 5) is 32.4. The highest BCUT2D eigenvalue weighted by molar-refractivity contribution is 6.30. The molecule has 32 heavy (non-hydrogen) atoms. The molecule has 0 aliphatic carbocycles. The van der Waals surface area contributed by atoms with Crippen LogP contribution in [0.2, 0.25) is 5.02 Å². The van der Waals surface area contributed by atoms with Crippen LogP contribution in [0, 0.1) is 17.2 Å². The van der Waals surface area contributed by atoms with Gasteiger partial charge in [0, 0.05) is 24.2 Å². The Morgan fingerprint density at radius 1 is 1.22 bits per heavy atom. The zero-order chi connectivity index (χ0) is 23.1. The molecule has 2 heterocycles. The molecule has 0 unspecified atom stereocenters. The number of amides is 2. The van der Waals surface area contributed by atoms with Gasteiger partial charge in [-0.2, -0.15) is 5.26 Å². The van der Waals surface area contributed by atoms with E-state index in [4.69, 9.17) is 16.9 Å². The number of halogens is 1. The first kappa shape index (κ1) is 23.5. The molecule has 0 bridgehead atoms. The van der Waals surface area contributed by atoms with E-state index in [9.17, 15) is 9.59 Å². The number of pyridine rings is 1. The van der Waals surface area contributed by atoms with Crippen LogP contribution in [-0.2, 0) is 4.79 Å². The summed E-state index contributed by atoms with van der Waals surface area (Å²) >= 11 is 5.86. The number of carbonyl (C=O) groups excluding carboxylic acids is 2. The molecule has 0 saturated carbocycles. The van der Waals surface area contributed by atoms with E-state index in [0.29, 0.717) is 28.1 Å². The molecular formula is C24H26ClN5O2. The third-order valence-corrected chi connectivity index (χ3v) is 5.72. The van der Waals surface area contributed by atoms with Gasteiger partial charge < -0.3 is 15.5 Å². The standard InChI is InChI=1S/C24H26ClN5O2/c1-16(2)30-12-9-18(10-13-30)23(31)28-21-7-5-17(4-3-11-26)14-20(21)24(32)29-22-8-6-19(25)15-27-22/h3-8,14-16,18H,9-10,12-13H2,1-2H3,(H,28,31)(H,27,29,32)/b4-3+. The Hall–Kier alpha value is -3.21. The fourth-order valence-corrected chi connectivity index (χ4v) is 3.75. The second kappa shape index (κ2) is 10.9. The van der Waals surface area contributed by atoms with E-state index in [1.165, 1.54) is 12.3 Å². The lowest BCUT2D eigenvalue weighted by Crippen LogP contribution is -2.41. The van der Waals surface area contributed by atoms with Crippen LogP contribution in [0.3, 0.4) is 0 Å². The summed E-state index contributed by atoms with van der Waals surface area (Å²) in [5, 5.41) is 14.9. The minimum atomic E-state index is -0.419. The molecule has 1 saturated heterocycles. The number of likely N-dealkylation sites (tertiary alicyclic amines) is 1. The Labute approximate surface area is 193 Å². The molecule has 1 aliphatic rings. The van der Waals surface area contributed by atoms with Crippen LogP contribution in [0.25, 0.3) is 6.08 Å². The summed E-state index contributed by atoms with van der Waals surface area (Å²) in [6.07, 6.45) is 5.94. The SMILES string of the molecule is CC(C)N1CCC(C(=O)Nc2ccc(/C=C/C#N)cc2C(=O)Nc2ccc(Cl)cn2)CC1. The summed E-state index contributed by atoms with van der Waals surface area (Å²) in [7, 11) is 0. The molecule has 1 aromatic carbocycles. The zero-order valence-electron chi connectivity index (χ0n) is 18.1. The second-order valence-corrected chi connectivity index (χ2v) is 8.41. The molecule has 2 amide bonds. The molecule has 2 aromatic rings. The number of carbonyl (C=O) groups is 2. The number of rotatable bonds is 6. The van der Waals surface area contributed by atoms with Gasteiger partial charge in [0.1, 0.15) is 5.82 Å². The van der Waals surface area contributed by atoms with Crippen LogP contribution in [-0.4, -0.2) is 40.8 Å². The number of nitrogens with zero attached hydrogens (tertiary/aromatic N) is 3. The Morgan fingerprint density at radius 3 is 2.59 bits per heavy atom. The Balaban J connectivity index is 1.79. The molecule has 1 fully saturated rings. The summed E-state index contributed by atoms with van der Waals surface area (Å²) in [5.74, 6) is -0.267. The third kappa shape index (κ3) is 6.16. The molecule has 0 spiro atoms. The summed E-state index contributed by atoms with van der Waals surface area (Å²) in [5.41, 5.74) is 1.38. The maximum Gasteiger partial charge on any atom is 0.258 e. The highest BCUT2D eigenvalue weighted by Gasteiger charge is 2.27. The number of allylic oxidation sites excluding steroid dienone is 1. The number of anilines is 2. The van der Waals surface area contributed by atoms with Gasteiger partial charge in [-0.15, -0.1) is 0 Å². The number of piperidine rings is 1. The van der Waals surface area contributed by atoms with Gasteiger partial charge in [0.15, 0.2) is 0 Å². The highest BCUT2D eigenvalue weighted by Crippen LogP contribution is 2.24. The smallest absolute Gasteiger partial charge is 0.258 e. The largest absolute Gasteiger partial charge is 0.325 e. The molecule has 1 aliphatic heterocycles. The van der Waals surface area contributed by atoms with Gasteiger partial charge in [0.05, 0.1) is 22.3 Å². The average molecular weight is 452 g/mol. The minimum absolute atomic E-state index is 0.0904. The van der Waals surface area contributed by atoms with Crippen LogP contribution in [0.5, 0.6) is 0 Å². The number of nitrogens with one attached hydrogen (secondary N) is 2. The van der Waals surface area contributed by atoms with Crippen molar-refractivity contribution in [3.8, 4) is 6.07 Å². The van der Waals surface area contributed by atoms with Crippen LogP contribution in [0.15, 0.2) is 42.6 Å². The first-order valence-electron chi connectivity index (χ1n) is 10.6. The maximum absolute atomic E-state index is 13.0. The van der Waals surface area contributed by atoms with E-state index in [2.05, 4.69) is 34.4 Å². The van der Waals surface area contributed by atoms with Crippen molar-refractivity contribution in [1.29, 1.82) is 5.26 Å². The van der Waals surface area contributed by atoms with E-state index in [-0.39, 0.29) is 17.4 Å². The van der Waals surface area contributed by atoms with Crippen molar-refractivity contribution in [2.45, 2.75) is 32.7 Å². The number of hydrogen-bond acceptors (Lipinski definition) is 5. The van der Waals surface area contributed by atoms with Crippen LogP contribution >= 0.6 is 11.6 Å². The number of hydrogen-bond donors (Lipinski definition) is 2. The quantitative estimate of drug-likeness (QED) is 0.626. The van der Waals surface area contributed by atoms with E-state index in [1.807, 2.05) is 6.07 Å². The van der Waals surface area contributed by atoms with Crippen molar-refractivity contribution < 1.29 is 9.59 Å². The predicted molar refractivity (Wildman–Crippen MR) is 126 cm³/mol. The lowest BCUT2D eigenvalue weighted by atomic mass is 9.94. The topological polar surface area (TPSA) is 98.1 Å². The first-order chi connectivity index (χ1) is 15.4. The minimum Gasteiger partial charge on any atom is -0.325 e. The molecule has 3 rings (SSSR count). The van der Waals surface area contributed by atoms with E-state index in [0.717, 1.165) is 25.9 Å². The molecule has 0 radical (unpaired) electrons. The molecular weight excluding hydrogens is 426 g/mol. The summed E-state index contributed by atoms with van der Waals surface area (Å²) in [6, 6.07) is 10.7. The summed E-state index contributed by atoms with van der Waals surface area (Å²) < 4.78 is 0. The Morgan fingerprint density at radius 2 is 1.97 bits per heavy atom. The lowest BCUT2D eigenvalue weighted by Gasteiger charge is -2.34. The zero-order valence-corrected chi connectivity index (χ0v) is 18.9. The van der Waals surface area contributed by atoms with E-state index in [1.54, 1.807) is 36.4 Å². The fourth-order valence-electron chi connectivity index (χ4n) is 3.64. The number of nitriles is 1. The first-order valence-corrected chi connectivity index (χ1v) is 10.9. The van der Waals surface area contributed by atoms with Gasteiger partial charge in [-0.25, -0.2) is 4.98 Å².